The molecule has 37 heavy (non-hydrogen) atoms. The van der Waals surface area contributed by atoms with Crippen molar-refractivity contribution >= 4 is 45.0 Å². The number of aromatic hydroxyl groups is 1. The van der Waals surface area contributed by atoms with Crippen molar-refractivity contribution in [3.63, 3.8) is 0 Å². The van der Waals surface area contributed by atoms with Gasteiger partial charge in [-0.25, -0.2) is 9.37 Å². The molecule has 9 heteroatoms. The molecular formula is C28H28ClFN6O. The molecule has 1 saturated carbocycles. The van der Waals surface area contributed by atoms with Crippen molar-refractivity contribution < 1.29 is 9.50 Å². The standard InChI is InChI=1S/C28H28ClFN6O/c1-34(2)16-13-35(14-16)28-32-26-20(27(33-28)36-8-7-31-22-12-23(22)36)11-21(29)24(25(26)30)19-10-17(37)9-15-5-3-4-6-18(15)19/h3-6,9-11,16,22-23,31,37H,7-8,12-14H2,1-2H3/t22-,23+/m0/s1. The lowest BCUT2D eigenvalue weighted by atomic mass is 9.96. The van der Waals surface area contributed by atoms with E-state index < -0.39 is 5.82 Å². The molecule has 3 aromatic carbocycles. The normalized spacial score (nSPS) is 21.5. The summed E-state index contributed by atoms with van der Waals surface area (Å²) in [5, 5.41) is 16.5. The highest BCUT2D eigenvalue weighted by Gasteiger charge is 2.45. The molecule has 2 aliphatic heterocycles. The van der Waals surface area contributed by atoms with Crippen LogP contribution in [0.2, 0.25) is 5.02 Å². The van der Waals surface area contributed by atoms with Crippen LogP contribution in [0.1, 0.15) is 6.42 Å². The van der Waals surface area contributed by atoms with Gasteiger partial charge in [-0.3, -0.25) is 0 Å². The summed E-state index contributed by atoms with van der Waals surface area (Å²) in [6.07, 6.45) is 1.05. The van der Waals surface area contributed by atoms with Crippen molar-refractivity contribution in [3.8, 4) is 16.9 Å². The SMILES string of the molecule is CN(C)C1CN(c2nc(N3CCN[C@H]4C[C@H]43)c3cc(Cl)c(-c4cc(O)cc5ccccc45)c(F)c3n2)C1. The topological polar surface area (TPSA) is 67.8 Å². The number of likely N-dealkylation sites (N-methyl/N-ethyl adjacent to an activating group) is 1. The molecule has 7 nitrogen and oxygen atoms in total. The summed E-state index contributed by atoms with van der Waals surface area (Å²) in [6.45, 7) is 3.25. The molecular weight excluding hydrogens is 491 g/mol. The fourth-order valence-corrected chi connectivity index (χ4v) is 6.06. The number of nitrogens with zero attached hydrogens (tertiary/aromatic N) is 5. The zero-order valence-corrected chi connectivity index (χ0v) is 21.5. The van der Waals surface area contributed by atoms with Gasteiger partial charge >= 0.3 is 0 Å². The third kappa shape index (κ3) is 3.69. The van der Waals surface area contributed by atoms with E-state index in [2.05, 4.69) is 34.1 Å². The molecule has 3 aliphatic rings. The number of rotatable bonds is 4. The Morgan fingerprint density at radius 3 is 2.73 bits per heavy atom. The van der Waals surface area contributed by atoms with E-state index in [4.69, 9.17) is 21.6 Å². The summed E-state index contributed by atoms with van der Waals surface area (Å²) >= 11 is 6.82. The lowest BCUT2D eigenvalue weighted by Gasteiger charge is -2.43. The number of nitrogens with one attached hydrogen (secondary N) is 1. The van der Waals surface area contributed by atoms with Crippen LogP contribution in [0.4, 0.5) is 16.2 Å². The number of benzene rings is 3. The molecule has 0 amide bonds. The highest BCUT2D eigenvalue weighted by molar-refractivity contribution is 6.35. The number of hydrogen-bond donors (Lipinski definition) is 2. The average Bonchev–Trinajstić information content (AvgIpc) is 3.63. The van der Waals surface area contributed by atoms with E-state index in [1.165, 1.54) is 0 Å². The van der Waals surface area contributed by atoms with Crippen molar-refractivity contribution in [1.29, 1.82) is 0 Å². The molecule has 0 bridgehead atoms. The Labute approximate surface area is 219 Å². The summed E-state index contributed by atoms with van der Waals surface area (Å²) < 4.78 is 16.6. The van der Waals surface area contributed by atoms with Crippen molar-refractivity contribution in [3.05, 3.63) is 53.3 Å². The van der Waals surface area contributed by atoms with E-state index in [1.807, 2.05) is 24.3 Å². The minimum Gasteiger partial charge on any atom is -0.508 e. The summed E-state index contributed by atoms with van der Waals surface area (Å²) in [7, 11) is 4.13. The second-order valence-corrected chi connectivity index (χ2v) is 11.0. The molecule has 2 N–H and O–H groups in total. The zero-order chi connectivity index (χ0) is 25.4. The van der Waals surface area contributed by atoms with Crippen LogP contribution in [0.3, 0.4) is 0 Å². The number of anilines is 2. The van der Waals surface area contributed by atoms with Gasteiger partial charge in [-0.2, -0.15) is 4.98 Å². The van der Waals surface area contributed by atoms with Gasteiger partial charge in [0.1, 0.15) is 17.1 Å². The van der Waals surface area contributed by atoms with Gasteiger partial charge in [0.05, 0.1) is 5.02 Å². The highest BCUT2D eigenvalue weighted by Crippen LogP contribution is 2.44. The number of phenolic OH excluding ortho intramolecular Hbond substituents is 1. The lowest BCUT2D eigenvalue weighted by Crippen LogP contribution is -2.58. The van der Waals surface area contributed by atoms with E-state index >= 15 is 4.39 Å². The molecule has 2 saturated heterocycles. The predicted octanol–water partition coefficient (Wildman–Crippen LogP) is 4.25. The fraction of sp³-hybridized carbons (Fsp3) is 0.357. The molecule has 7 rings (SSSR count). The van der Waals surface area contributed by atoms with Crippen LogP contribution in [0.15, 0.2) is 42.5 Å². The maximum absolute atomic E-state index is 16.6. The Balaban J connectivity index is 1.44. The maximum atomic E-state index is 16.6. The molecule has 4 aromatic rings. The first-order valence-corrected chi connectivity index (χ1v) is 13.1. The van der Waals surface area contributed by atoms with Gasteiger partial charge in [0.2, 0.25) is 5.95 Å². The van der Waals surface area contributed by atoms with E-state index in [-0.39, 0.29) is 21.9 Å². The van der Waals surface area contributed by atoms with Crippen molar-refractivity contribution in [2.24, 2.45) is 0 Å². The Morgan fingerprint density at radius 1 is 1.11 bits per heavy atom. The number of piperazine rings is 1. The first-order chi connectivity index (χ1) is 17.9. The summed E-state index contributed by atoms with van der Waals surface area (Å²) in [6, 6.07) is 13.9. The second-order valence-electron chi connectivity index (χ2n) is 10.6. The van der Waals surface area contributed by atoms with Crippen LogP contribution >= 0.6 is 11.6 Å². The van der Waals surface area contributed by atoms with Gasteiger partial charge in [0, 0.05) is 55.3 Å². The van der Waals surface area contributed by atoms with Crippen LogP contribution in [0, 0.1) is 5.82 Å². The van der Waals surface area contributed by atoms with Crippen LogP contribution in [0.5, 0.6) is 5.75 Å². The van der Waals surface area contributed by atoms with Gasteiger partial charge in [0.25, 0.3) is 0 Å². The van der Waals surface area contributed by atoms with Gasteiger partial charge in [0.15, 0.2) is 5.82 Å². The first kappa shape index (κ1) is 23.0. The van der Waals surface area contributed by atoms with E-state index in [9.17, 15) is 5.11 Å². The number of fused-ring (bicyclic) bond motifs is 3. The molecule has 3 fully saturated rings. The summed E-state index contributed by atoms with van der Waals surface area (Å²) in [5.41, 5.74) is 1.05. The van der Waals surface area contributed by atoms with Crippen molar-refractivity contribution in [2.45, 2.75) is 24.5 Å². The molecule has 1 aliphatic carbocycles. The van der Waals surface area contributed by atoms with Gasteiger partial charge in [-0.1, -0.05) is 35.9 Å². The van der Waals surface area contributed by atoms with E-state index in [1.54, 1.807) is 18.2 Å². The third-order valence-corrected chi connectivity index (χ3v) is 8.33. The molecule has 0 spiro atoms. The zero-order valence-electron chi connectivity index (χ0n) is 20.7. The Kier molecular flexibility index (Phi) is 5.22. The van der Waals surface area contributed by atoms with Crippen molar-refractivity contribution in [1.82, 2.24) is 20.2 Å². The predicted molar refractivity (Wildman–Crippen MR) is 146 cm³/mol. The number of aromatic nitrogens is 2. The van der Waals surface area contributed by atoms with Crippen LogP contribution in [-0.4, -0.2) is 78.4 Å². The largest absolute Gasteiger partial charge is 0.508 e. The smallest absolute Gasteiger partial charge is 0.228 e. The molecule has 0 radical (unpaired) electrons. The van der Waals surface area contributed by atoms with Crippen LogP contribution in [-0.2, 0) is 0 Å². The Morgan fingerprint density at radius 2 is 1.92 bits per heavy atom. The molecule has 190 valence electrons. The van der Waals surface area contributed by atoms with Crippen LogP contribution in [0.25, 0.3) is 32.8 Å². The van der Waals surface area contributed by atoms with Gasteiger partial charge in [-0.05, 0) is 55.1 Å². The molecule has 2 atom stereocenters. The van der Waals surface area contributed by atoms with E-state index in [0.717, 1.165) is 49.2 Å². The number of phenols is 1. The van der Waals surface area contributed by atoms with Crippen LogP contribution < -0.4 is 15.1 Å². The monoisotopic (exact) mass is 518 g/mol. The Hall–Kier alpha value is -3.20. The minimum atomic E-state index is -0.490. The summed E-state index contributed by atoms with van der Waals surface area (Å²) in [4.78, 5) is 16.4. The van der Waals surface area contributed by atoms with Gasteiger partial charge in [-0.15, -0.1) is 0 Å². The van der Waals surface area contributed by atoms with E-state index in [0.29, 0.717) is 35.0 Å². The first-order valence-electron chi connectivity index (χ1n) is 12.7. The number of halogens is 2. The lowest BCUT2D eigenvalue weighted by molar-refractivity contribution is 0.245. The minimum absolute atomic E-state index is 0.0595. The third-order valence-electron chi connectivity index (χ3n) is 8.03. The highest BCUT2D eigenvalue weighted by atomic mass is 35.5. The maximum Gasteiger partial charge on any atom is 0.228 e. The average molecular weight is 519 g/mol. The van der Waals surface area contributed by atoms with Crippen molar-refractivity contribution in [2.75, 3.05) is 50.1 Å². The quantitative estimate of drug-likeness (QED) is 0.418. The Bertz CT molecular complexity index is 1560. The number of hydrogen-bond acceptors (Lipinski definition) is 7. The molecule has 1 aromatic heterocycles. The van der Waals surface area contributed by atoms with Gasteiger partial charge < -0.3 is 25.1 Å². The molecule has 3 heterocycles. The fourth-order valence-electron chi connectivity index (χ4n) is 5.77. The summed E-state index contributed by atoms with van der Waals surface area (Å²) in [5.74, 6) is 0.860. The second kappa shape index (κ2) is 8.41. The molecule has 0 unspecified atom stereocenters.